The summed E-state index contributed by atoms with van der Waals surface area (Å²) in [4.78, 5) is 14.5. The Bertz CT molecular complexity index is 1090. The highest BCUT2D eigenvalue weighted by molar-refractivity contribution is 6.00. The Balaban J connectivity index is 1.75. The Labute approximate surface area is 175 Å². The van der Waals surface area contributed by atoms with Crippen molar-refractivity contribution in [2.75, 3.05) is 40.5 Å². The lowest BCUT2D eigenvalue weighted by Crippen LogP contribution is -2.39. The Morgan fingerprint density at radius 1 is 1.10 bits per heavy atom. The smallest absolute Gasteiger partial charge is 0.247 e. The molecule has 2 heterocycles. The third kappa shape index (κ3) is 3.91. The molecule has 1 aliphatic heterocycles. The molecule has 0 spiro atoms. The van der Waals surface area contributed by atoms with Crippen molar-refractivity contribution in [2.45, 2.75) is 6.92 Å². The lowest BCUT2D eigenvalue weighted by atomic mass is 9.99. The average molecular weight is 407 g/mol. The summed E-state index contributed by atoms with van der Waals surface area (Å²) >= 11 is 0. The minimum absolute atomic E-state index is 0.0156. The van der Waals surface area contributed by atoms with Gasteiger partial charge >= 0.3 is 0 Å². The number of fused-ring (bicyclic) bond motifs is 1. The Morgan fingerprint density at radius 3 is 2.63 bits per heavy atom. The van der Waals surface area contributed by atoms with E-state index in [9.17, 15) is 4.79 Å². The molecular formula is C24H25NO5. The first-order chi connectivity index (χ1) is 14.6. The van der Waals surface area contributed by atoms with Crippen molar-refractivity contribution in [3.63, 3.8) is 0 Å². The van der Waals surface area contributed by atoms with Crippen LogP contribution in [0.4, 0.5) is 0 Å². The van der Waals surface area contributed by atoms with Gasteiger partial charge in [0.25, 0.3) is 0 Å². The molecule has 0 radical (unpaired) electrons. The minimum Gasteiger partial charge on any atom is -0.497 e. The van der Waals surface area contributed by atoms with Gasteiger partial charge in [-0.05, 0) is 36.3 Å². The largest absolute Gasteiger partial charge is 0.497 e. The Morgan fingerprint density at radius 2 is 1.90 bits per heavy atom. The van der Waals surface area contributed by atoms with Gasteiger partial charge in [0.05, 0.1) is 33.7 Å². The number of carbonyl (C=O) groups excluding carboxylic acids is 1. The van der Waals surface area contributed by atoms with Crippen molar-refractivity contribution in [2.24, 2.45) is 0 Å². The minimum atomic E-state index is -0.0156. The van der Waals surface area contributed by atoms with Crippen molar-refractivity contribution in [1.29, 1.82) is 0 Å². The predicted molar refractivity (Wildman–Crippen MR) is 116 cm³/mol. The van der Waals surface area contributed by atoms with Gasteiger partial charge in [-0.3, -0.25) is 4.79 Å². The van der Waals surface area contributed by atoms with Crippen LogP contribution >= 0.6 is 0 Å². The van der Waals surface area contributed by atoms with Gasteiger partial charge in [-0.25, -0.2) is 0 Å². The molecule has 4 rings (SSSR count). The second kappa shape index (κ2) is 8.63. The number of methoxy groups -OCH3 is 2. The zero-order chi connectivity index (χ0) is 21.1. The molecule has 3 aromatic rings. The molecule has 1 aliphatic rings. The quantitative estimate of drug-likeness (QED) is 0.588. The number of carbonyl (C=O) groups is 1. The van der Waals surface area contributed by atoms with Gasteiger partial charge in [0.2, 0.25) is 5.91 Å². The fourth-order valence-corrected chi connectivity index (χ4v) is 3.68. The zero-order valence-electron chi connectivity index (χ0n) is 17.4. The standard InChI is InChI=1S/C24H25NO5/c1-16(11-24(26)25-7-9-29-10-8-25)19-13-20-21(15-30-23(20)14-22(19)28-3)17-5-4-6-18(12-17)27-2/h4-6,11-15H,7-10H2,1-3H3/b16-11+. The lowest BCUT2D eigenvalue weighted by molar-refractivity contribution is -0.129. The van der Waals surface area contributed by atoms with Crippen LogP contribution in [0.3, 0.4) is 0 Å². The van der Waals surface area contributed by atoms with Gasteiger partial charge in [-0.1, -0.05) is 12.1 Å². The highest BCUT2D eigenvalue weighted by atomic mass is 16.5. The van der Waals surface area contributed by atoms with Gasteiger partial charge in [0, 0.05) is 41.7 Å². The summed E-state index contributed by atoms with van der Waals surface area (Å²) in [6.45, 7) is 4.30. The van der Waals surface area contributed by atoms with E-state index in [1.54, 1.807) is 31.5 Å². The van der Waals surface area contributed by atoms with Crippen LogP contribution in [0, 0.1) is 0 Å². The molecule has 1 fully saturated rings. The van der Waals surface area contributed by atoms with E-state index in [4.69, 9.17) is 18.6 Å². The molecule has 1 aromatic heterocycles. The van der Waals surface area contributed by atoms with Gasteiger partial charge in [0.1, 0.15) is 17.1 Å². The number of rotatable bonds is 5. The van der Waals surface area contributed by atoms with Gasteiger partial charge in [-0.2, -0.15) is 0 Å². The molecule has 6 heteroatoms. The second-order valence-electron chi connectivity index (χ2n) is 7.19. The third-order valence-electron chi connectivity index (χ3n) is 5.36. The van der Waals surface area contributed by atoms with Crippen LogP contribution in [0.25, 0.3) is 27.7 Å². The molecule has 1 amide bonds. The number of hydrogen-bond acceptors (Lipinski definition) is 5. The maximum Gasteiger partial charge on any atom is 0.247 e. The van der Waals surface area contributed by atoms with E-state index in [1.165, 1.54) is 0 Å². The molecule has 2 aromatic carbocycles. The second-order valence-corrected chi connectivity index (χ2v) is 7.19. The molecule has 1 saturated heterocycles. The van der Waals surface area contributed by atoms with Gasteiger partial charge < -0.3 is 23.5 Å². The molecule has 30 heavy (non-hydrogen) atoms. The molecule has 0 saturated carbocycles. The number of benzene rings is 2. The summed E-state index contributed by atoms with van der Waals surface area (Å²) < 4.78 is 22.1. The number of allylic oxidation sites excluding steroid dienone is 1. The first-order valence-corrected chi connectivity index (χ1v) is 9.89. The molecule has 6 nitrogen and oxygen atoms in total. The number of amides is 1. The van der Waals surface area contributed by atoms with Crippen LogP contribution in [0.2, 0.25) is 0 Å². The monoisotopic (exact) mass is 407 g/mol. The van der Waals surface area contributed by atoms with Crippen molar-refractivity contribution in [1.82, 2.24) is 4.90 Å². The Kier molecular flexibility index (Phi) is 5.77. The number of furan rings is 1. The van der Waals surface area contributed by atoms with Crippen molar-refractivity contribution >= 4 is 22.4 Å². The molecule has 0 N–H and O–H groups in total. The summed E-state index contributed by atoms with van der Waals surface area (Å²) in [5.41, 5.74) is 4.37. The summed E-state index contributed by atoms with van der Waals surface area (Å²) in [7, 11) is 3.27. The van der Waals surface area contributed by atoms with Crippen LogP contribution in [0.1, 0.15) is 12.5 Å². The number of nitrogens with zero attached hydrogens (tertiary/aromatic N) is 1. The predicted octanol–water partition coefficient (Wildman–Crippen LogP) is 4.38. The summed E-state index contributed by atoms with van der Waals surface area (Å²) in [6.07, 6.45) is 3.40. The van der Waals surface area contributed by atoms with E-state index < -0.39 is 0 Å². The van der Waals surface area contributed by atoms with Crippen LogP contribution in [-0.2, 0) is 9.53 Å². The third-order valence-corrected chi connectivity index (χ3v) is 5.36. The molecule has 0 aliphatic carbocycles. The van der Waals surface area contributed by atoms with Crippen LogP contribution in [0.15, 0.2) is 53.2 Å². The highest BCUT2D eigenvalue weighted by Gasteiger charge is 2.18. The highest BCUT2D eigenvalue weighted by Crippen LogP contribution is 2.38. The average Bonchev–Trinajstić information content (AvgIpc) is 3.21. The fraction of sp³-hybridized carbons (Fsp3) is 0.292. The normalized spacial score (nSPS) is 14.8. The number of hydrogen-bond donors (Lipinski definition) is 0. The summed E-state index contributed by atoms with van der Waals surface area (Å²) in [6, 6.07) is 11.7. The number of ether oxygens (including phenoxy) is 3. The first kappa shape index (κ1) is 20.0. The van der Waals surface area contributed by atoms with Gasteiger partial charge in [0.15, 0.2) is 0 Å². The molecule has 0 atom stereocenters. The van der Waals surface area contributed by atoms with E-state index in [0.29, 0.717) is 32.1 Å². The van der Waals surface area contributed by atoms with Crippen LogP contribution < -0.4 is 9.47 Å². The van der Waals surface area contributed by atoms with E-state index in [-0.39, 0.29) is 5.91 Å². The van der Waals surface area contributed by atoms with Crippen LogP contribution in [0.5, 0.6) is 11.5 Å². The SMILES string of the molecule is COc1cccc(-c2coc3cc(OC)c(/C(C)=C/C(=O)N4CCOCC4)cc23)c1. The molecule has 0 bridgehead atoms. The maximum atomic E-state index is 12.7. The number of morpholine rings is 1. The maximum absolute atomic E-state index is 12.7. The topological polar surface area (TPSA) is 61.1 Å². The summed E-state index contributed by atoms with van der Waals surface area (Å²) in [5.74, 6) is 1.43. The zero-order valence-corrected chi connectivity index (χ0v) is 17.4. The van der Waals surface area contributed by atoms with Gasteiger partial charge in [-0.15, -0.1) is 0 Å². The van der Waals surface area contributed by atoms with Crippen LogP contribution in [-0.4, -0.2) is 51.3 Å². The Hall–Kier alpha value is -3.25. The molecule has 156 valence electrons. The molecule has 0 unspecified atom stereocenters. The van der Waals surface area contributed by atoms with E-state index >= 15 is 0 Å². The van der Waals surface area contributed by atoms with E-state index in [0.717, 1.165) is 39.0 Å². The van der Waals surface area contributed by atoms with Crippen molar-refractivity contribution in [3.05, 3.63) is 54.3 Å². The molecular weight excluding hydrogens is 382 g/mol. The van der Waals surface area contributed by atoms with E-state index in [2.05, 4.69) is 0 Å². The fourth-order valence-electron chi connectivity index (χ4n) is 3.68. The van der Waals surface area contributed by atoms with E-state index in [1.807, 2.05) is 43.3 Å². The van der Waals surface area contributed by atoms with Crippen molar-refractivity contribution in [3.8, 4) is 22.6 Å². The first-order valence-electron chi connectivity index (χ1n) is 9.89. The van der Waals surface area contributed by atoms with Crippen molar-refractivity contribution < 1.29 is 23.4 Å². The lowest BCUT2D eigenvalue weighted by Gasteiger charge is -2.26. The summed E-state index contributed by atoms with van der Waals surface area (Å²) in [5, 5.41) is 0.950.